The molecule has 7 heteroatoms. The third-order valence-electron chi connectivity index (χ3n) is 4.87. The van der Waals surface area contributed by atoms with E-state index in [1.807, 2.05) is 40.8 Å². The maximum Gasteiger partial charge on any atom is 0.270 e. The van der Waals surface area contributed by atoms with Crippen molar-refractivity contribution in [3.05, 3.63) is 42.1 Å². The lowest BCUT2D eigenvalue weighted by atomic mass is 10.0. The highest BCUT2D eigenvalue weighted by Gasteiger charge is 2.32. The van der Waals surface area contributed by atoms with E-state index in [0.717, 1.165) is 48.3 Å². The number of aromatic nitrogens is 4. The van der Waals surface area contributed by atoms with E-state index in [1.54, 1.807) is 13.4 Å². The largest absolute Gasteiger partial charge is 0.497 e. The summed E-state index contributed by atoms with van der Waals surface area (Å²) in [5.74, 6) is 1.62. The van der Waals surface area contributed by atoms with Gasteiger partial charge < -0.3 is 19.2 Å². The van der Waals surface area contributed by atoms with E-state index in [-0.39, 0.29) is 11.9 Å². The molecule has 7 nitrogen and oxygen atoms in total. The molecule has 25 heavy (non-hydrogen) atoms. The topological polar surface area (TPSA) is 76.0 Å². The molecule has 3 heterocycles. The zero-order chi connectivity index (χ0) is 17.4. The van der Waals surface area contributed by atoms with Gasteiger partial charge in [0, 0.05) is 24.5 Å². The first-order valence-corrected chi connectivity index (χ1v) is 8.49. The summed E-state index contributed by atoms with van der Waals surface area (Å²) in [5.41, 5.74) is 1.52. The number of nitrogens with one attached hydrogen (secondary N) is 1. The molecule has 0 saturated carbocycles. The fourth-order valence-corrected chi connectivity index (χ4v) is 3.54. The number of piperidine rings is 1. The van der Waals surface area contributed by atoms with Crippen LogP contribution in [0.1, 0.15) is 41.6 Å². The molecule has 1 fully saturated rings. The van der Waals surface area contributed by atoms with Crippen LogP contribution in [0, 0.1) is 0 Å². The number of likely N-dealkylation sites (tertiary alicyclic amines) is 1. The van der Waals surface area contributed by atoms with Gasteiger partial charge in [0.1, 0.15) is 17.8 Å². The number of benzene rings is 1. The summed E-state index contributed by atoms with van der Waals surface area (Å²) in [5, 5.41) is 9.16. The summed E-state index contributed by atoms with van der Waals surface area (Å²) in [6.07, 6.45) is 4.69. The number of fused-ring (bicyclic) bond motifs is 1. The summed E-state index contributed by atoms with van der Waals surface area (Å²) in [6, 6.07) is 7.61. The molecule has 1 saturated heterocycles. The second-order valence-corrected chi connectivity index (χ2v) is 6.45. The standard InChI is InChI=1S/C18H21N5O2/c1-22-11-19-21-17(22)16-5-3-4-8-23(16)18(24)15-10-12-9-13(25-2)6-7-14(12)20-15/h6-7,9-11,16,20H,3-5,8H2,1-2H3. The summed E-state index contributed by atoms with van der Waals surface area (Å²) in [6.45, 7) is 0.731. The number of hydrogen-bond acceptors (Lipinski definition) is 4. The molecule has 4 rings (SSSR count). The van der Waals surface area contributed by atoms with Crippen LogP contribution >= 0.6 is 0 Å². The molecular formula is C18H21N5O2. The predicted octanol–water partition coefficient (Wildman–Crippen LogP) is 2.67. The van der Waals surface area contributed by atoms with Crippen molar-refractivity contribution < 1.29 is 9.53 Å². The maximum absolute atomic E-state index is 13.1. The number of hydrogen-bond donors (Lipinski definition) is 1. The van der Waals surface area contributed by atoms with E-state index < -0.39 is 0 Å². The monoisotopic (exact) mass is 339 g/mol. The number of carbonyl (C=O) groups is 1. The normalized spacial score (nSPS) is 17.8. The first kappa shape index (κ1) is 15.7. The van der Waals surface area contributed by atoms with Crippen molar-refractivity contribution in [2.75, 3.05) is 13.7 Å². The number of methoxy groups -OCH3 is 1. The van der Waals surface area contributed by atoms with Gasteiger partial charge in [0.25, 0.3) is 5.91 Å². The van der Waals surface area contributed by atoms with Gasteiger partial charge in [-0.1, -0.05) is 0 Å². The lowest BCUT2D eigenvalue weighted by molar-refractivity contribution is 0.0591. The summed E-state index contributed by atoms with van der Waals surface area (Å²) < 4.78 is 7.16. The van der Waals surface area contributed by atoms with Crippen molar-refractivity contribution in [3.63, 3.8) is 0 Å². The van der Waals surface area contributed by atoms with Crippen molar-refractivity contribution in [3.8, 4) is 5.75 Å². The molecule has 0 bridgehead atoms. The Morgan fingerprint density at radius 2 is 2.20 bits per heavy atom. The van der Waals surface area contributed by atoms with E-state index in [1.165, 1.54) is 0 Å². The zero-order valence-corrected chi connectivity index (χ0v) is 14.4. The second-order valence-electron chi connectivity index (χ2n) is 6.45. The maximum atomic E-state index is 13.1. The number of carbonyl (C=O) groups excluding carboxylic acids is 1. The number of H-pyrrole nitrogens is 1. The first-order valence-electron chi connectivity index (χ1n) is 8.49. The van der Waals surface area contributed by atoms with Crippen molar-refractivity contribution in [2.24, 2.45) is 7.05 Å². The van der Waals surface area contributed by atoms with Gasteiger partial charge in [0.2, 0.25) is 0 Å². The van der Waals surface area contributed by atoms with Gasteiger partial charge in [0.05, 0.1) is 13.2 Å². The smallest absolute Gasteiger partial charge is 0.270 e. The summed E-state index contributed by atoms with van der Waals surface area (Å²) >= 11 is 0. The van der Waals surface area contributed by atoms with Gasteiger partial charge >= 0.3 is 0 Å². The second kappa shape index (κ2) is 6.23. The Morgan fingerprint density at radius 3 is 2.96 bits per heavy atom. The number of amides is 1. The predicted molar refractivity (Wildman–Crippen MR) is 93.5 cm³/mol. The van der Waals surface area contributed by atoms with Crippen LogP contribution in [0.4, 0.5) is 0 Å². The fourth-order valence-electron chi connectivity index (χ4n) is 3.54. The van der Waals surface area contributed by atoms with Crippen molar-refractivity contribution in [2.45, 2.75) is 25.3 Å². The Balaban J connectivity index is 1.67. The molecule has 3 aromatic rings. The summed E-state index contributed by atoms with van der Waals surface area (Å²) in [7, 11) is 3.56. The Bertz CT molecular complexity index is 913. The molecule has 1 amide bonds. The number of rotatable bonds is 3. The number of aryl methyl sites for hydroxylation is 1. The molecule has 130 valence electrons. The van der Waals surface area contributed by atoms with Crippen molar-refractivity contribution in [1.82, 2.24) is 24.6 Å². The van der Waals surface area contributed by atoms with E-state index in [0.29, 0.717) is 5.69 Å². The van der Waals surface area contributed by atoms with Crippen LogP contribution < -0.4 is 4.74 Å². The lowest BCUT2D eigenvalue weighted by Gasteiger charge is -2.34. The Kier molecular flexibility index (Phi) is 3.91. The number of nitrogens with zero attached hydrogens (tertiary/aromatic N) is 4. The molecule has 1 atom stereocenters. The van der Waals surface area contributed by atoms with Crippen LogP contribution in [0.2, 0.25) is 0 Å². The number of ether oxygens (including phenoxy) is 1. The highest BCUT2D eigenvalue weighted by Crippen LogP contribution is 2.31. The number of aromatic amines is 1. The van der Waals surface area contributed by atoms with Gasteiger partial charge in [-0.25, -0.2) is 0 Å². The fraction of sp³-hybridized carbons (Fsp3) is 0.389. The third kappa shape index (κ3) is 2.75. The van der Waals surface area contributed by atoms with E-state index in [4.69, 9.17) is 4.74 Å². The van der Waals surface area contributed by atoms with Crippen LogP contribution in [-0.2, 0) is 7.05 Å². The van der Waals surface area contributed by atoms with Crippen LogP contribution in [-0.4, -0.2) is 44.2 Å². The molecule has 0 radical (unpaired) electrons. The lowest BCUT2D eigenvalue weighted by Crippen LogP contribution is -2.39. The molecule has 1 aliphatic rings. The molecule has 0 aliphatic carbocycles. The highest BCUT2D eigenvalue weighted by atomic mass is 16.5. The van der Waals surface area contributed by atoms with Gasteiger partial charge in [-0.15, -0.1) is 10.2 Å². The highest BCUT2D eigenvalue weighted by molar-refractivity contribution is 5.98. The molecule has 1 N–H and O–H groups in total. The molecule has 2 aromatic heterocycles. The van der Waals surface area contributed by atoms with Crippen LogP contribution in [0.15, 0.2) is 30.6 Å². The van der Waals surface area contributed by atoms with Gasteiger partial charge in [-0.2, -0.15) is 0 Å². The molecule has 1 aliphatic heterocycles. The zero-order valence-electron chi connectivity index (χ0n) is 14.4. The van der Waals surface area contributed by atoms with Crippen LogP contribution in [0.25, 0.3) is 10.9 Å². The van der Waals surface area contributed by atoms with Crippen molar-refractivity contribution in [1.29, 1.82) is 0 Å². The van der Waals surface area contributed by atoms with Crippen LogP contribution in [0.5, 0.6) is 5.75 Å². The first-order chi connectivity index (χ1) is 12.2. The molecule has 0 spiro atoms. The third-order valence-corrected chi connectivity index (χ3v) is 4.87. The molecule has 1 unspecified atom stereocenters. The van der Waals surface area contributed by atoms with Gasteiger partial charge in [-0.3, -0.25) is 4.79 Å². The Hall–Kier alpha value is -2.83. The Morgan fingerprint density at radius 1 is 1.32 bits per heavy atom. The van der Waals surface area contributed by atoms with Crippen molar-refractivity contribution >= 4 is 16.8 Å². The summed E-state index contributed by atoms with van der Waals surface area (Å²) in [4.78, 5) is 18.3. The quantitative estimate of drug-likeness (QED) is 0.796. The molecular weight excluding hydrogens is 318 g/mol. The van der Waals surface area contributed by atoms with Gasteiger partial charge in [-0.05, 0) is 43.5 Å². The SMILES string of the molecule is COc1ccc2[nH]c(C(=O)N3CCCCC3c3nncn3C)cc2c1. The van der Waals surface area contributed by atoms with E-state index in [9.17, 15) is 4.79 Å². The average Bonchev–Trinajstić information content (AvgIpc) is 3.26. The van der Waals surface area contributed by atoms with Crippen LogP contribution in [0.3, 0.4) is 0 Å². The minimum Gasteiger partial charge on any atom is -0.497 e. The minimum atomic E-state index is -0.0327. The van der Waals surface area contributed by atoms with Gasteiger partial charge in [0.15, 0.2) is 5.82 Å². The van der Waals surface area contributed by atoms with E-state index in [2.05, 4.69) is 15.2 Å². The average molecular weight is 339 g/mol. The molecule has 1 aromatic carbocycles. The minimum absolute atomic E-state index is 0.00265. The van der Waals surface area contributed by atoms with E-state index >= 15 is 0 Å². The Labute approximate surface area is 145 Å².